The summed E-state index contributed by atoms with van der Waals surface area (Å²) in [5, 5.41) is 0. The molecule has 2 aromatic carbocycles. The predicted molar refractivity (Wildman–Crippen MR) is 85.5 cm³/mol. The van der Waals surface area contributed by atoms with Crippen LogP contribution in [0.1, 0.15) is 40.3 Å². The van der Waals surface area contributed by atoms with E-state index in [2.05, 4.69) is 68.7 Å². The van der Waals surface area contributed by atoms with E-state index in [1.54, 1.807) is 0 Å². The van der Waals surface area contributed by atoms with Gasteiger partial charge >= 0.3 is 0 Å². The smallest absolute Gasteiger partial charge is 0.0463 e. The number of benzene rings is 2. The fourth-order valence-electron chi connectivity index (χ4n) is 2.62. The zero-order chi connectivity index (χ0) is 14.5. The Hall–Kier alpha value is -1.64. The van der Waals surface area contributed by atoms with E-state index >= 15 is 0 Å². The first-order chi connectivity index (χ1) is 9.58. The van der Waals surface area contributed by atoms with Crippen molar-refractivity contribution in [2.45, 2.75) is 39.7 Å². The molecule has 0 radical (unpaired) electrons. The van der Waals surface area contributed by atoms with Gasteiger partial charge in [0.25, 0.3) is 0 Å². The monoisotopic (exact) mass is 268 g/mol. The van der Waals surface area contributed by atoms with Crippen LogP contribution in [0.5, 0.6) is 0 Å². The standard InChI is InChI=1S/C18H24N2/c1-13-4-6-16(7-5-13)8-9-18(20-19)17-11-14(2)10-15(3)12-17/h4-7,10-12,18,20H,8-9,19H2,1-3H3. The van der Waals surface area contributed by atoms with Crippen molar-refractivity contribution in [3.63, 3.8) is 0 Å². The lowest BCUT2D eigenvalue weighted by molar-refractivity contribution is 0.516. The van der Waals surface area contributed by atoms with Gasteiger partial charge in [-0.25, -0.2) is 0 Å². The van der Waals surface area contributed by atoms with E-state index in [0.717, 1.165) is 12.8 Å². The van der Waals surface area contributed by atoms with E-state index in [-0.39, 0.29) is 6.04 Å². The molecule has 0 saturated heterocycles. The Kier molecular flexibility index (Phi) is 4.94. The Labute approximate surface area is 122 Å². The van der Waals surface area contributed by atoms with Crippen molar-refractivity contribution in [3.8, 4) is 0 Å². The second-order valence-corrected chi connectivity index (χ2v) is 5.66. The molecule has 106 valence electrons. The summed E-state index contributed by atoms with van der Waals surface area (Å²) in [6.45, 7) is 6.37. The molecule has 20 heavy (non-hydrogen) atoms. The fourth-order valence-corrected chi connectivity index (χ4v) is 2.62. The van der Waals surface area contributed by atoms with E-state index in [1.165, 1.54) is 27.8 Å². The number of nitrogens with two attached hydrogens (primary N) is 1. The van der Waals surface area contributed by atoms with Gasteiger partial charge in [-0.1, -0.05) is 59.2 Å². The molecule has 1 unspecified atom stereocenters. The van der Waals surface area contributed by atoms with Gasteiger partial charge in [-0.2, -0.15) is 0 Å². The number of nitrogens with one attached hydrogen (secondary N) is 1. The first-order valence-electron chi connectivity index (χ1n) is 7.18. The van der Waals surface area contributed by atoms with Crippen LogP contribution in [-0.4, -0.2) is 0 Å². The number of hydrogen-bond donors (Lipinski definition) is 2. The van der Waals surface area contributed by atoms with Crippen molar-refractivity contribution >= 4 is 0 Å². The molecular weight excluding hydrogens is 244 g/mol. The van der Waals surface area contributed by atoms with Gasteiger partial charge in [0.15, 0.2) is 0 Å². The molecule has 3 N–H and O–H groups in total. The fraction of sp³-hybridized carbons (Fsp3) is 0.333. The minimum Gasteiger partial charge on any atom is -0.271 e. The lowest BCUT2D eigenvalue weighted by Crippen LogP contribution is -2.28. The molecule has 0 spiro atoms. The lowest BCUT2D eigenvalue weighted by atomic mass is 9.96. The van der Waals surface area contributed by atoms with Crippen LogP contribution in [0.4, 0.5) is 0 Å². The van der Waals surface area contributed by atoms with Crippen molar-refractivity contribution in [2.24, 2.45) is 5.84 Å². The molecule has 0 aliphatic rings. The summed E-state index contributed by atoms with van der Waals surface area (Å²) in [7, 11) is 0. The van der Waals surface area contributed by atoms with Crippen LogP contribution in [0, 0.1) is 20.8 Å². The summed E-state index contributed by atoms with van der Waals surface area (Å²) in [5.41, 5.74) is 9.47. The molecular formula is C18H24N2. The molecule has 0 aromatic heterocycles. The number of hydrazine groups is 1. The molecule has 0 heterocycles. The number of aryl methyl sites for hydroxylation is 4. The Bertz CT molecular complexity index is 538. The molecule has 0 amide bonds. The SMILES string of the molecule is Cc1ccc(CCC(NN)c2cc(C)cc(C)c2)cc1. The van der Waals surface area contributed by atoms with E-state index in [4.69, 9.17) is 5.84 Å². The highest BCUT2D eigenvalue weighted by Crippen LogP contribution is 2.21. The minimum absolute atomic E-state index is 0.204. The summed E-state index contributed by atoms with van der Waals surface area (Å²) in [5.74, 6) is 5.74. The van der Waals surface area contributed by atoms with Crippen molar-refractivity contribution in [2.75, 3.05) is 0 Å². The normalized spacial score (nSPS) is 12.4. The Morgan fingerprint density at radius 1 is 0.900 bits per heavy atom. The van der Waals surface area contributed by atoms with Gasteiger partial charge in [0.05, 0.1) is 0 Å². The largest absolute Gasteiger partial charge is 0.271 e. The molecule has 2 heteroatoms. The molecule has 2 aromatic rings. The number of hydrogen-bond acceptors (Lipinski definition) is 2. The van der Waals surface area contributed by atoms with Crippen molar-refractivity contribution in [3.05, 3.63) is 70.3 Å². The third-order valence-electron chi connectivity index (χ3n) is 3.69. The maximum Gasteiger partial charge on any atom is 0.0463 e. The quantitative estimate of drug-likeness (QED) is 0.640. The molecule has 0 fully saturated rings. The summed E-state index contributed by atoms with van der Waals surface area (Å²) >= 11 is 0. The Balaban J connectivity index is 2.07. The molecule has 0 aliphatic carbocycles. The molecule has 0 saturated carbocycles. The highest BCUT2D eigenvalue weighted by Gasteiger charge is 2.10. The van der Waals surface area contributed by atoms with Gasteiger partial charge in [-0.3, -0.25) is 11.3 Å². The van der Waals surface area contributed by atoms with Gasteiger partial charge in [-0.05, 0) is 44.7 Å². The van der Waals surface area contributed by atoms with Crippen molar-refractivity contribution < 1.29 is 0 Å². The minimum atomic E-state index is 0.204. The topological polar surface area (TPSA) is 38.0 Å². The highest BCUT2D eigenvalue weighted by molar-refractivity contribution is 5.31. The maximum absolute atomic E-state index is 5.74. The summed E-state index contributed by atoms with van der Waals surface area (Å²) < 4.78 is 0. The second kappa shape index (κ2) is 6.69. The van der Waals surface area contributed by atoms with Crippen LogP contribution in [0.15, 0.2) is 42.5 Å². The molecule has 0 bridgehead atoms. The van der Waals surface area contributed by atoms with Gasteiger partial charge in [0, 0.05) is 6.04 Å². The van der Waals surface area contributed by atoms with Gasteiger partial charge in [0.2, 0.25) is 0 Å². The molecule has 1 atom stereocenters. The third-order valence-corrected chi connectivity index (χ3v) is 3.69. The average molecular weight is 268 g/mol. The molecule has 0 aliphatic heterocycles. The Morgan fingerprint density at radius 2 is 1.50 bits per heavy atom. The summed E-state index contributed by atoms with van der Waals surface area (Å²) in [4.78, 5) is 0. The van der Waals surface area contributed by atoms with E-state index in [9.17, 15) is 0 Å². The highest BCUT2D eigenvalue weighted by atomic mass is 15.2. The first-order valence-corrected chi connectivity index (χ1v) is 7.18. The first kappa shape index (κ1) is 14.8. The zero-order valence-corrected chi connectivity index (χ0v) is 12.6. The van der Waals surface area contributed by atoms with E-state index in [1.807, 2.05) is 0 Å². The Morgan fingerprint density at radius 3 is 2.05 bits per heavy atom. The van der Waals surface area contributed by atoms with Crippen LogP contribution in [0.3, 0.4) is 0 Å². The van der Waals surface area contributed by atoms with E-state index in [0.29, 0.717) is 0 Å². The van der Waals surface area contributed by atoms with E-state index < -0.39 is 0 Å². The van der Waals surface area contributed by atoms with Crippen molar-refractivity contribution in [1.82, 2.24) is 5.43 Å². The maximum atomic E-state index is 5.74. The van der Waals surface area contributed by atoms with Crippen molar-refractivity contribution in [1.29, 1.82) is 0 Å². The lowest BCUT2D eigenvalue weighted by Gasteiger charge is -2.17. The summed E-state index contributed by atoms with van der Waals surface area (Å²) in [6, 6.07) is 15.6. The van der Waals surface area contributed by atoms with Crippen LogP contribution in [0.25, 0.3) is 0 Å². The predicted octanol–water partition coefficient (Wildman–Crippen LogP) is 3.75. The van der Waals surface area contributed by atoms with Gasteiger partial charge < -0.3 is 0 Å². The van der Waals surface area contributed by atoms with Gasteiger partial charge in [0.1, 0.15) is 0 Å². The zero-order valence-electron chi connectivity index (χ0n) is 12.6. The third kappa shape index (κ3) is 3.92. The van der Waals surface area contributed by atoms with Gasteiger partial charge in [-0.15, -0.1) is 0 Å². The molecule has 2 nitrogen and oxygen atoms in total. The van der Waals surface area contributed by atoms with Crippen LogP contribution < -0.4 is 11.3 Å². The van der Waals surface area contributed by atoms with Crippen LogP contribution >= 0.6 is 0 Å². The molecule has 2 rings (SSSR count). The van der Waals surface area contributed by atoms with Crippen LogP contribution in [0.2, 0.25) is 0 Å². The summed E-state index contributed by atoms with van der Waals surface area (Å²) in [6.07, 6.45) is 2.03. The average Bonchev–Trinajstić information content (AvgIpc) is 2.40. The number of rotatable bonds is 5. The van der Waals surface area contributed by atoms with Crippen LogP contribution in [-0.2, 0) is 6.42 Å². The second-order valence-electron chi connectivity index (χ2n) is 5.66.